The molecule has 2 heterocycles. The maximum absolute atomic E-state index is 12.7. The zero-order valence-electron chi connectivity index (χ0n) is 17.7. The van der Waals surface area contributed by atoms with Crippen molar-refractivity contribution in [1.29, 1.82) is 0 Å². The third-order valence-electron chi connectivity index (χ3n) is 5.18. The minimum atomic E-state index is -0.184. The molecule has 0 bridgehead atoms. The average Bonchev–Trinajstić information content (AvgIpc) is 3.47. The van der Waals surface area contributed by atoms with Crippen molar-refractivity contribution in [3.05, 3.63) is 89.1 Å². The lowest BCUT2D eigenvalue weighted by Crippen LogP contribution is -2.11. The van der Waals surface area contributed by atoms with E-state index in [1.807, 2.05) is 60.7 Å². The standard InChI is InChI=1S/C25H20N4O3S/c1-31-18-10-8-16(9-11-18)25-29-28-23(32-25)13-15-6-7-17-14-22(33-21(17)12-15)24(30)27-20-5-3-2-4-19(20)26/h2-12,14H,13,26H2,1H3,(H,27,30). The van der Waals surface area contributed by atoms with Crippen LogP contribution in [0.2, 0.25) is 0 Å². The molecule has 5 aromatic rings. The number of benzene rings is 3. The molecule has 164 valence electrons. The van der Waals surface area contributed by atoms with Crippen LogP contribution in [0.5, 0.6) is 5.75 Å². The lowest BCUT2D eigenvalue weighted by molar-refractivity contribution is 0.103. The molecule has 1 amide bonds. The fraction of sp³-hybridized carbons (Fsp3) is 0.0800. The van der Waals surface area contributed by atoms with Crippen LogP contribution in [0.25, 0.3) is 21.5 Å². The first-order chi connectivity index (χ1) is 16.1. The Balaban J connectivity index is 1.32. The van der Waals surface area contributed by atoms with Gasteiger partial charge < -0.3 is 20.2 Å². The van der Waals surface area contributed by atoms with Crippen molar-refractivity contribution in [2.24, 2.45) is 0 Å². The summed E-state index contributed by atoms with van der Waals surface area (Å²) in [4.78, 5) is 13.3. The minimum Gasteiger partial charge on any atom is -0.497 e. The van der Waals surface area contributed by atoms with Gasteiger partial charge in [0.2, 0.25) is 11.8 Å². The summed E-state index contributed by atoms with van der Waals surface area (Å²) < 4.78 is 12.0. The lowest BCUT2D eigenvalue weighted by Gasteiger charge is -2.05. The Morgan fingerprint density at radius 3 is 2.67 bits per heavy atom. The molecule has 0 atom stereocenters. The molecule has 2 aromatic heterocycles. The Labute approximate surface area is 193 Å². The average molecular weight is 457 g/mol. The quantitative estimate of drug-likeness (QED) is 0.332. The van der Waals surface area contributed by atoms with Crippen molar-refractivity contribution in [1.82, 2.24) is 10.2 Å². The molecular formula is C25H20N4O3S. The van der Waals surface area contributed by atoms with Gasteiger partial charge in [-0.1, -0.05) is 24.3 Å². The summed E-state index contributed by atoms with van der Waals surface area (Å²) in [7, 11) is 1.62. The number of rotatable bonds is 6. The first-order valence-electron chi connectivity index (χ1n) is 10.2. The highest BCUT2D eigenvalue weighted by molar-refractivity contribution is 7.20. The largest absolute Gasteiger partial charge is 0.497 e. The van der Waals surface area contributed by atoms with E-state index in [2.05, 4.69) is 15.5 Å². The summed E-state index contributed by atoms with van der Waals surface area (Å²) in [5.74, 6) is 1.57. The number of methoxy groups -OCH3 is 1. The molecule has 5 rings (SSSR count). The van der Waals surface area contributed by atoms with Crippen LogP contribution in [0.4, 0.5) is 11.4 Å². The molecular weight excluding hydrogens is 436 g/mol. The van der Waals surface area contributed by atoms with E-state index in [0.717, 1.165) is 27.0 Å². The Kier molecular flexibility index (Phi) is 5.50. The van der Waals surface area contributed by atoms with E-state index in [0.29, 0.717) is 34.5 Å². The normalized spacial score (nSPS) is 10.9. The maximum Gasteiger partial charge on any atom is 0.265 e. The number of ether oxygens (including phenoxy) is 1. The number of carbonyl (C=O) groups excluding carboxylic acids is 1. The van der Waals surface area contributed by atoms with E-state index >= 15 is 0 Å². The van der Waals surface area contributed by atoms with Crippen molar-refractivity contribution in [3.8, 4) is 17.2 Å². The highest BCUT2D eigenvalue weighted by Crippen LogP contribution is 2.29. The Hall–Kier alpha value is -4.17. The summed E-state index contributed by atoms with van der Waals surface area (Å²) in [6.07, 6.45) is 0.499. The van der Waals surface area contributed by atoms with E-state index in [1.54, 1.807) is 19.2 Å². The number of hydrogen-bond acceptors (Lipinski definition) is 7. The number of hydrogen-bond donors (Lipinski definition) is 2. The van der Waals surface area contributed by atoms with Gasteiger partial charge in [-0.25, -0.2) is 0 Å². The van der Waals surface area contributed by atoms with Crippen LogP contribution < -0.4 is 15.8 Å². The monoisotopic (exact) mass is 456 g/mol. The Morgan fingerprint density at radius 2 is 1.88 bits per heavy atom. The van der Waals surface area contributed by atoms with Gasteiger partial charge in [-0.2, -0.15) is 0 Å². The molecule has 0 saturated heterocycles. The van der Waals surface area contributed by atoms with Crippen LogP contribution in [-0.4, -0.2) is 23.2 Å². The smallest absolute Gasteiger partial charge is 0.265 e. The second-order valence-electron chi connectivity index (χ2n) is 7.43. The van der Waals surface area contributed by atoms with Gasteiger partial charge in [-0.3, -0.25) is 4.79 Å². The summed E-state index contributed by atoms with van der Waals surface area (Å²) >= 11 is 1.43. The Bertz CT molecular complexity index is 1440. The SMILES string of the molecule is COc1ccc(-c2nnc(Cc3ccc4cc(C(=O)Nc5ccccc5N)sc4c3)o2)cc1. The number of nitrogens with two attached hydrogens (primary N) is 1. The topological polar surface area (TPSA) is 103 Å². The van der Waals surface area contributed by atoms with Gasteiger partial charge >= 0.3 is 0 Å². The molecule has 0 unspecified atom stereocenters. The molecule has 0 fully saturated rings. The summed E-state index contributed by atoms with van der Waals surface area (Å²) in [6, 6.07) is 22.6. The molecule has 0 aliphatic heterocycles. The van der Waals surface area contributed by atoms with Crippen LogP contribution >= 0.6 is 11.3 Å². The molecule has 3 aromatic carbocycles. The van der Waals surface area contributed by atoms with Gasteiger partial charge in [0, 0.05) is 10.3 Å². The van der Waals surface area contributed by atoms with Gasteiger partial charge in [0.15, 0.2) is 0 Å². The van der Waals surface area contributed by atoms with Crippen LogP contribution in [0.15, 0.2) is 77.2 Å². The third kappa shape index (κ3) is 4.42. The number of anilines is 2. The molecule has 0 aliphatic rings. The van der Waals surface area contributed by atoms with Crippen LogP contribution in [0, 0.1) is 0 Å². The molecule has 0 spiro atoms. The molecule has 0 saturated carbocycles. The molecule has 3 N–H and O–H groups in total. The first kappa shape index (κ1) is 20.7. The second kappa shape index (κ2) is 8.76. The molecule has 8 heteroatoms. The van der Waals surface area contributed by atoms with Crippen molar-refractivity contribution >= 4 is 38.7 Å². The lowest BCUT2D eigenvalue weighted by atomic mass is 10.1. The number of amides is 1. The maximum atomic E-state index is 12.7. The molecule has 0 radical (unpaired) electrons. The van der Waals surface area contributed by atoms with E-state index in [1.165, 1.54) is 11.3 Å². The highest BCUT2D eigenvalue weighted by atomic mass is 32.1. The molecule has 7 nitrogen and oxygen atoms in total. The van der Waals surface area contributed by atoms with Gasteiger partial charge in [-0.15, -0.1) is 21.5 Å². The Morgan fingerprint density at radius 1 is 1.06 bits per heavy atom. The number of nitrogens with one attached hydrogen (secondary N) is 1. The highest BCUT2D eigenvalue weighted by Gasteiger charge is 2.14. The number of carbonyl (C=O) groups is 1. The molecule has 0 aliphatic carbocycles. The number of para-hydroxylation sites is 2. The number of nitrogen functional groups attached to an aromatic ring is 1. The number of fused-ring (bicyclic) bond motifs is 1. The van der Waals surface area contributed by atoms with Crippen molar-refractivity contribution in [2.75, 3.05) is 18.2 Å². The summed E-state index contributed by atoms with van der Waals surface area (Å²) in [5, 5.41) is 12.2. The van der Waals surface area contributed by atoms with Gasteiger partial charge in [0.05, 0.1) is 29.8 Å². The van der Waals surface area contributed by atoms with Crippen LogP contribution in [-0.2, 0) is 6.42 Å². The predicted molar refractivity (Wildman–Crippen MR) is 130 cm³/mol. The summed E-state index contributed by atoms with van der Waals surface area (Å²) in [5.41, 5.74) is 8.92. The van der Waals surface area contributed by atoms with E-state index in [-0.39, 0.29) is 5.91 Å². The van der Waals surface area contributed by atoms with E-state index < -0.39 is 0 Å². The number of aromatic nitrogens is 2. The van der Waals surface area contributed by atoms with Gasteiger partial charge in [0.25, 0.3) is 5.91 Å². The van der Waals surface area contributed by atoms with E-state index in [4.69, 9.17) is 14.9 Å². The van der Waals surface area contributed by atoms with Crippen molar-refractivity contribution in [3.63, 3.8) is 0 Å². The first-order valence-corrected chi connectivity index (χ1v) is 11.1. The van der Waals surface area contributed by atoms with Gasteiger partial charge in [0.1, 0.15) is 5.75 Å². The molecule has 33 heavy (non-hydrogen) atoms. The minimum absolute atomic E-state index is 0.184. The van der Waals surface area contributed by atoms with Crippen LogP contribution in [0.1, 0.15) is 21.1 Å². The predicted octanol–water partition coefficient (Wildman–Crippen LogP) is 5.39. The second-order valence-corrected chi connectivity index (χ2v) is 8.51. The zero-order chi connectivity index (χ0) is 22.8. The van der Waals surface area contributed by atoms with Gasteiger partial charge in [-0.05, 0) is 59.5 Å². The third-order valence-corrected chi connectivity index (χ3v) is 6.27. The van der Waals surface area contributed by atoms with Crippen LogP contribution in [0.3, 0.4) is 0 Å². The van der Waals surface area contributed by atoms with Crippen molar-refractivity contribution in [2.45, 2.75) is 6.42 Å². The van der Waals surface area contributed by atoms with Crippen molar-refractivity contribution < 1.29 is 13.9 Å². The summed E-state index contributed by atoms with van der Waals surface area (Å²) in [6.45, 7) is 0. The van der Waals surface area contributed by atoms with E-state index in [9.17, 15) is 4.79 Å². The number of thiophene rings is 1. The fourth-order valence-corrected chi connectivity index (χ4v) is 4.46. The zero-order valence-corrected chi connectivity index (χ0v) is 18.6. The number of nitrogens with zero attached hydrogens (tertiary/aromatic N) is 2. The fourth-order valence-electron chi connectivity index (χ4n) is 3.44.